The lowest BCUT2D eigenvalue weighted by Crippen LogP contribution is -2.27. The van der Waals surface area contributed by atoms with Gasteiger partial charge in [-0.25, -0.2) is 0 Å². The zero-order valence-electron chi connectivity index (χ0n) is 12.0. The molecule has 0 saturated heterocycles. The first-order valence-electron chi connectivity index (χ1n) is 7.02. The fourth-order valence-electron chi connectivity index (χ4n) is 2.27. The highest BCUT2D eigenvalue weighted by atomic mass is 16.2. The molecule has 0 aliphatic heterocycles. The molecule has 0 aliphatic rings. The summed E-state index contributed by atoms with van der Waals surface area (Å²) < 4.78 is 1.56. The minimum atomic E-state index is -0.171. The van der Waals surface area contributed by atoms with Crippen molar-refractivity contribution in [2.45, 2.75) is 26.2 Å². The topological polar surface area (TPSA) is 51.1 Å². The lowest BCUT2D eigenvalue weighted by atomic mass is 10.1. The zero-order chi connectivity index (χ0) is 14.5. The summed E-state index contributed by atoms with van der Waals surface area (Å²) in [5, 5.41) is 3.69. The standard InChI is InChI=1S/C16H20N2O2/c1-3-4-7-10-17-16(20)13-11-15(19)18(2)14-9-6-5-8-12(13)14/h5-6,8-9,11H,3-4,7,10H2,1-2H3,(H,17,20). The number of hydrogen-bond donors (Lipinski definition) is 1. The average Bonchev–Trinajstić information content (AvgIpc) is 2.47. The maximum Gasteiger partial charge on any atom is 0.252 e. The number of nitrogens with one attached hydrogen (secondary N) is 1. The van der Waals surface area contributed by atoms with Gasteiger partial charge < -0.3 is 9.88 Å². The number of pyridine rings is 1. The van der Waals surface area contributed by atoms with Gasteiger partial charge in [-0.3, -0.25) is 9.59 Å². The van der Waals surface area contributed by atoms with Crippen LogP contribution in [0.2, 0.25) is 0 Å². The van der Waals surface area contributed by atoms with Crippen molar-refractivity contribution in [3.05, 3.63) is 46.2 Å². The van der Waals surface area contributed by atoms with Crippen molar-refractivity contribution in [3.63, 3.8) is 0 Å². The Labute approximate surface area is 118 Å². The van der Waals surface area contributed by atoms with E-state index < -0.39 is 0 Å². The zero-order valence-corrected chi connectivity index (χ0v) is 12.0. The highest BCUT2D eigenvalue weighted by Gasteiger charge is 2.12. The number of nitrogens with zero attached hydrogens (tertiary/aromatic N) is 1. The van der Waals surface area contributed by atoms with Gasteiger partial charge in [0, 0.05) is 25.0 Å². The third-order valence-electron chi connectivity index (χ3n) is 3.46. The predicted molar refractivity (Wildman–Crippen MR) is 81.0 cm³/mol. The van der Waals surface area contributed by atoms with Crippen molar-refractivity contribution in [1.29, 1.82) is 0 Å². The maximum atomic E-state index is 12.2. The van der Waals surface area contributed by atoms with Crippen LogP contribution in [0.15, 0.2) is 35.1 Å². The quantitative estimate of drug-likeness (QED) is 0.850. The number of para-hydroxylation sites is 1. The summed E-state index contributed by atoms with van der Waals surface area (Å²) in [4.78, 5) is 24.1. The van der Waals surface area contributed by atoms with Crippen LogP contribution >= 0.6 is 0 Å². The van der Waals surface area contributed by atoms with Crippen molar-refractivity contribution in [3.8, 4) is 0 Å². The second-order valence-corrected chi connectivity index (χ2v) is 4.94. The number of amides is 1. The molecule has 0 atom stereocenters. The third-order valence-corrected chi connectivity index (χ3v) is 3.46. The second-order valence-electron chi connectivity index (χ2n) is 4.94. The molecule has 1 aromatic heterocycles. The van der Waals surface area contributed by atoms with Crippen LogP contribution in [0.3, 0.4) is 0 Å². The molecule has 1 N–H and O–H groups in total. The summed E-state index contributed by atoms with van der Waals surface area (Å²) in [6.45, 7) is 2.77. The molecule has 1 heterocycles. The van der Waals surface area contributed by atoms with E-state index in [-0.39, 0.29) is 11.5 Å². The highest BCUT2D eigenvalue weighted by Crippen LogP contribution is 2.16. The van der Waals surface area contributed by atoms with E-state index in [1.807, 2.05) is 24.3 Å². The predicted octanol–water partition coefficient (Wildman–Crippen LogP) is 2.46. The van der Waals surface area contributed by atoms with Crippen LogP contribution in [0, 0.1) is 0 Å². The van der Waals surface area contributed by atoms with E-state index in [0.29, 0.717) is 12.1 Å². The molecule has 106 valence electrons. The van der Waals surface area contributed by atoms with E-state index in [0.717, 1.165) is 30.2 Å². The van der Waals surface area contributed by atoms with Gasteiger partial charge in [0.25, 0.3) is 11.5 Å². The molecule has 0 unspecified atom stereocenters. The Kier molecular flexibility index (Phi) is 4.56. The van der Waals surface area contributed by atoms with Crippen molar-refractivity contribution in [2.75, 3.05) is 6.54 Å². The van der Waals surface area contributed by atoms with Crippen LogP contribution in [-0.2, 0) is 7.05 Å². The highest BCUT2D eigenvalue weighted by molar-refractivity contribution is 6.06. The molecule has 0 bridgehead atoms. The van der Waals surface area contributed by atoms with E-state index in [1.165, 1.54) is 6.07 Å². The molecule has 0 fully saturated rings. The lowest BCUT2D eigenvalue weighted by Gasteiger charge is -2.10. The van der Waals surface area contributed by atoms with Crippen molar-refractivity contribution >= 4 is 16.8 Å². The number of aryl methyl sites for hydroxylation is 1. The average molecular weight is 272 g/mol. The Morgan fingerprint density at radius 3 is 2.75 bits per heavy atom. The first-order chi connectivity index (χ1) is 9.65. The summed E-state index contributed by atoms with van der Waals surface area (Å²) in [7, 11) is 1.72. The number of carbonyl (C=O) groups excluding carboxylic acids is 1. The molecule has 0 aliphatic carbocycles. The van der Waals surface area contributed by atoms with Crippen LogP contribution in [0.25, 0.3) is 10.9 Å². The maximum absolute atomic E-state index is 12.2. The number of carbonyl (C=O) groups is 1. The van der Waals surface area contributed by atoms with Gasteiger partial charge in [0.15, 0.2) is 0 Å². The van der Waals surface area contributed by atoms with E-state index >= 15 is 0 Å². The Morgan fingerprint density at radius 2 is 2.00 bits per heavy atom. The van der Waals surface area contributed by atoms with Crippen LogP contribution < -0.4 is 10.9 Å². The van der Waals surface area contributed by atoms with E-state index in [4.69, 9.17) is 0 Å². The van der Waals surface area contributed by atoms with Gasteiger partial charge in [0.1, 0.15) is 0 Å². The number of rotatable bonds is 5. The lowest BCUT2D eigenvalue weighted by molar-refractivity contribution is 0.0954. The van der Waals surface area contributed by atoms with Gasteiger partial charge in [-0.05, 0) is 12.5 Å². The molecule has 20 heavy (non-hydrogen) atoms. The van der Waals surface area contributed by atoms with Crippen LogP contribution in [-0.4, -0.2) is 17.0 Å². The fraction of sp³-hybridized carbons (Fsp3) is 0.375. The van der Waals surface area contributed by atoms with Crippen molar-refractivity contribution in [2.24, 2.45) is 7.05 Å². The summed E-state index contributed by atoms with van der Waals surface area (Å²) in [6.07, 6.45) is 3.17. The van der Waals surface area contributed by atoms with Gasteiger partial charge in [-0.1, -0.05) is 38.0 Å². The largest absolute Gasteiger partial charge is 0.352 e. The second kappa shape index (κ2) is 6.37. The summed E-state index contributed by atoms with van der Waals surface area (Å²) in [6, 6.07) is 8.88. The van der Waals surface area contributed by atoms with Gasteiger partial charge in [0.05, 0.1) is 11.1 Å². The fourth-order valence-corrected chi connectivity index (χ4v) is 2.27. The summed E-state index contributed by atoms with van der Waals surface area (Å²) >= 11 is 0. The summed E-state index contributed by atoms with van der Waals surface area (Å²) in [5.41, 5.74) is 1.07. The van der Waals surface area contributed by atoms with Crippen LogP contribution in [0.1, 0.15) is 36.5 Å². The summed E-state index contributed by atoms with van der Waals surface area (Å²) in [5.74, 6) is -0.171. The molecule has 2 rings (SSSR count). The molecule has 0 radical (unpaired) electrons. The smallest absolute Gasteiger partial charge is 0.252 e. The molecule has 4 nitrogen and oxygen atoms in total. The van der Waals surface area contributed by atoms with Gasteiger partial charge in [0.2, 0.25) is 0 Å². The number of unbranched alkanes of at least 4 members (excludes halogenated alkanes) is 2. The monoisotopic (exact) mass is 272 g/mol. The number of benzene rings is 1. The molecule has 1 aromatic carbocycles. The Bertz CT molecular complexity index is 674. The normalized spacial score (nSPS) is 10.7. The number of hydrogen-bond acceptors (Lipinski definition) is 2. The SMILES string of the molecule is CCCCCNC(=O)c1cc(=O)n(C)c2ccccc12. The Morgan fingerprint density at radius 1 is 1.25 bits per heavy atom. The molecule has 2 aromatic rings. The third kappa shape index (κ3) is 2.90. The first kappa shape index (κ1) is 14.3. The van der Waals surface area contributed by atoms with E-state index in [9.17, 15) is 9.59 Å². The number of aromatic nitrogens is 1. The van der Waals surface area contributed by atoms with Gasteiger partial charge >= 0.3 is 0 Å². The Hall–Kier alpha value is -2.10. The van der Waals surface area contributed by atoms with Crippen LogP contribution in [0.5, 0.6) is 0 Å². The minimum absolute atomic E-state index is 0.164. The molecular formula is C16H20N2O2. The molecule has 1 amide bonds. The van der Waals surface area contributed by atoms with Crippen molar-refractivity contribution < 1.29 is 4.79 Å². The van der Waals surface area contributed by atoms with Crippen molar-refractivity contribution in [1.82, 2.24) is 9.88 Å². The van der Waals surface area contributed by atoms with Crippen LogP contribution in [0.4, 0.5) is 0 Å². The number of fused-ring (bicyclic) bond motifs is 1. The molecule has 0 saturated carbocycles. The van der Waals surface area contributed by atoms with E-state index in [2.05, 4.69) is 12.2 Å². The Balaban J connectivity index is 2.32. The van der Waals surface area contributed by atoms with Gasteiger partial charge in [-0.2, -0.15) is 0 Å². The first-order valence-corrected chi connectivity index (χ1v) is 7.02. The minimum Gasteiger partial charge on any atom is -0.352 e. The molecular weight excluding hydrogens is 252 g/mol. The molecule has 0 spiro atoms. The molecule has 4 heteroatoms. The van der Waals surface area contributed by atoms with Gasteiger partial charge in [-0.15, -0.1) is 0 Å². The van der Waals surface area contributed by atoms with E-state index in [1.54, 1.807) is 11.6 Å².